The van der Waals surface area contributed by atoms with Crippen molar-refractivity contribution in [1.29, 1.82) is 0 Å². The van der Waals surface area contributed by atoms with Crippen LogP contribution in [0.15, 0.2) is 36.5 Å². The van der Waals surface area contributed by atoms with Gasteiger partial charge in [0.2, 0.25) is 5.88 Å². The van der Waals surface area contributed by atoms with Crippen molar-refractivity contribution in [2.75, 3.05) is 69.0 Å². The van der Waals surface area contributed by atoms with Crippen molar-refractivity contribution >= 4 is 29.1 Å². The summed E-state index contributed by atoms with van der Waals surface area (Å²) >= 11 is 0. The third kappa shape index (κ3) is 8.72. The number of carbonyl (C=O) groups excluding carboxylic acids is 2. The van der Waals surface area contributed by atoms with Crippen molar-refractivity contribution in [2.45, 2.75) is 52.4 Å². The van der Waals surface area contributed by atoms with Gasteiger partial charge in [-0.1, -0.05) is 0 Å². The number of piperazine rings is 1. The molecule has 40 heavy (non-hydrogen) atoms. The minimum absolute atomic E-state index is 0.0643. The van der Waals surface area contributed by atoms with Gasteiger partial charge in [-0.05, 0) is 72.0 Å². The number of benzene rings is 1. The first kappa shape index (κ1) is 31.0. The summed E-state index contributed by atoms with van der Waals surface area (Å²) in [4.78, 5) is 33.9. The number of rotatable bonds is 11. The molecule has 1 aliphatic rings. The Hall–Kier alpha value is -3.57. The number of hydrogen-bond acceptors (Lipinski definition) is 9. The second-order valence-corrected chi connectivity index (χ2v) is 10.8. The van der Waals surface area contributed by atoms with Gasteiger partial charge in [-0.2, -0.15) is 0 Å². The fourth-order valence-corrected chi connectivity index (χ4v) is 4.21. The summed E-state index contributed by atoms with van der Waals surface area (Å²) < 4.78 is 16.8. The number of methoxy groups -OCH3 is 1. The zero-order valence-corrected chi connectivity index (χ0v) is 24.7. The van der Waals surface area contributed by atoms with Crippen LogP contribution >= 0.6 is 0 Å². The maximum Gasteiger partial charge on any atom is 0.410 e. The van der Waals surface area contributed by atoms with E-state index in [1.165, 1.54) is 7.11 Å². The molecule has 220 valence electrons. The average molecular weight is 557 g/mol. The van der Waals surface area contributed by atoms with Gasteiger partial charge in [-0.25, -0.2) is 9.78 Å². The summed E-state index contributed by atoms with van der Waals surface area (Å²) in [6.45, 7) is 13.5. The van der Waals surface area contributed by atoms with Crippen LogP contribution in [-0.4, -0.2) is 93.1 Å². The first-order valence-corrected chi connectivity index (χ1v) is 13.7. The van der Waals surface area contributed by atoms with Crippen molar-refractivity contribution in [1.82, 2.24) is 15.2 Å². The molecule has 3 rings (SSSR count). The maximum atomic E-state index is 13.4. The van der Waals surface area contributed by atoms with E-state index < -0.39 is 5.60 Å². The molecular weight excluding hydrogens is 512 g/mol. The second-order valence-electron chi connectivity index (χ2n) is 10.8. The Kier molecular flexibility index (Phi) is 11.0. The topological polar surface area (TPSA) is 117 Å². The molecule has 0 spiro atoms. The van der Waals surface area contributed by atoms with E-state index in [-0.39, 0.29) is 30.0 Å². The Morgan fingerprint density at radius 3 is 2.33 bits per heavy atom. The lowest BCUT2D eigenvalue weighted by Crippen LogP contribution is -2.50. The third-order valence-electron chi connectivity index (χ3n) is 6.58. The highest BCUT2D eigenvalue weighted by atomic mass is 16.6. The highest BCUT2D eigenvalue weighted by molar-refractivity contribution is 6.09. The van der Waals surface area contributed by atoms with E-state index >= 15 is 0 Å². The van der Waals surface area contributed by atoms with Crippen molar-refractivity contribution in [2.24, 2.45) is 0 Å². The number of aromatic nitrogens is 1. The third-order valence-corrected chi connectivity index (χ3v) is 6.58. The normalized spacial score (nSPS) is 15.3. The molecule has 1 fully saturated rings. The minimum atomic E-state index is -0.512. The maximum absolute atomic E-state index is 13.4. The van der Waals surface area contributed by atoms with E-state index in [1.54, 1.807) is 17.2 Å². The molecule has 0 radical (unpaired) electrons. The van der Waals surface area contributed by atoms with Crippen LogP contribution in [0.2, 0.25) is 0 Å². The summed E-state index contributed by atoms with van der Waals surface area (Å²) in [5.41, 5.74) is 2.09. The van der Waals surface area contributed by atoms with Gasteiger partial charge < -0.3 is 40.0 Å². The quantitative estimate of drug-likeness (QED) is 0.355. The Morgan fingerprint density at radius 2 is 1.73 bits per heavy atom. The van der Waals surface area contributed by atoms with E-state index in [2.05, 4.69) is 25.8 Å². The minimum Gasteiger partial charge on any atom is -0.480 e. The van der Waals surface area contributed by atoms with Gasteiger partial charge in [-0.15, -0.1) is 0 Å². The Bertz CT molecular complexity index is 1110. The monoisotopic (exact) mass is 556 g/mol. The van der Waals surface area contributed by atoms with Crippen molar-refractivity contribution in [3.8, 4) is 5.88 Å². The van der Waals surface area contributed by atoms with Crippen molar-refractivity contribution in [3.63, 3.8) is 0 Å². The van der Waals surface area contributed by atoms with Gasteiger partial charge in [0.15, 0.2) is 0 Å². The number of anilines is 3. The van der Waals surface area contributed by atoms with E-state index in [0.29, 0.717) is 49.7 Å². The van der Waals surface area contributed by atoms with E-state index in [0.717, 1.165) is 12.2 Å². The molecular formula is C29H44N6O5. The molecule has 2 aromatic rings. The molecule has 2 amide bonds. The van der Waals surface area contributed by atoms with Crippen LogP contribution in [0.3, 0.4) is 0 Å². The summed E-state index contributed by atoms with van der Waals surface area (Å²) in [6.07, 6.45) is 1.24. The summed E-state index contributed by atoms with van der Waals surface area (Å²) in [6, 6.07) is 9.35. The molecule has 0 aliphatic carbocycles. The molecule has 0 saturated carbocycles. The predicted molar refractivity (Wildman–Crippen MR) is 158 cm³/mol. The number of hydrogen-bond donors (Lipinski definition) is 3. The molecule has 11 heteroatoms. The van der Waals surface area contributed by atoms with Crippen molar-refractivity contribution < 1.29 is 23.8 Å². The molecule has 0 bridgehead atoms. The molecule has 2 heterocycles. The summed E-state index contributed by atoms with van der Waals surface area (Å²) in [7, 11) is 3.37. The van der Waals surface area contributed by atoms with Gasteiger partial charge in [0.25, 0.3) is 5.91 Å². The molecule has 1 unspecified atom stereocenters. The number of amides is 2. The Morgan fingerprint density at radius 1 is 1.05 bits per heavy atom. The molecule has 1 saturated heterocycles. The number of ether oxygens (including phenoxy) is 3. The number of likely N-dealkylation sites (N-methyl/N-ethyl adjacent to an activating group) is 1. The highest BCUT2D eigenvalue weighted by Crippen LogP contribution is 2.27. The van der Waals surface area contributed by atoms with Crippen LogP contribution in [-0.2, 0) is 9.47 Å². The SMILES string of the molecule is CNCCOC(C)[C@H](C)Nc1ccnc(OC)c1C(=O)Nc1ccc(N2CCN(C(=O)OC(C)(C)C)CC2)cc1. The van der Waals surface area contributed by atoms with E-state index in [4.69, 9.17) is 14.2 Å². The molecule has 2 atom stereocenters. The fraction of sp³-hybridized carbons (Fsp3) is 0.552. The van der Waals surface area contributed by atoms with Crippen LogP contribution < -0.4 is 25.6 Å². The lowest BCUT2D eigenvalue weighted by Gasteiger charge is -2.36. The van der Waals surface area contributed by atoms with Gasteiger partial charge >= 0.3 is 6.09 Å². The van der Waals surface area contributed by atoms with Crippen LogP contribution in [0.5, 0.6) is 5.88 Å². The first-order chi connectivity index (χ1) is 19.0. The average Bonchev–Trinajstić information content (AvgIpc) is 2.92. The molecule has 1 aromatic heterocycles. The number of nitrogens with zero attached hydrogens (tertiary/aromatic N) is 3. The van der Waals surface area contributed by atoms with Gasteiger partial charge in [-0.3, -0.25) is 4.79 Å². The second kappa shape index (κ2) is 14.2. The number of carbonyl (C=O) groups is 2. The fourth-order valence-electron chi connectivity index (χ4n) is 4.21. The van der Waals surface area contributed by atoms with Crippen LogP contribution in [0.4, 0.5) is 21.9 Å². The lowest BCUT2D eigenvalue weighted by molar-refractivity contribution is 0.0240. The largest absolute Gasteiger partial charge is 0.480 e. The smallest absolute Gasteiger partial charge is 0.410 e. The van der Waals surface area contributed by atoms with Crippen LogP contribution in [0.25, 0.3) is 0 Å². The molecule has 3 N–H and O–H groups in total. The van der Waals surface area contributed by atoms with Crippen LogP contribution in [0, 0.1) is 0 Å². The molecule has 1 aromatic carbocycles. The lowest BCUT2D eigenvalue weighted by atomic mass is 10.1. The van der Waals surface area contributed by atoms with E-state index in [1.807, 2.05) is 65.9 Å². The predicted octanol–water partition coefficient (Wildman–Crippen LogP) is 3.82. The van der Waals surface area contributed by atoms with E-state index in [9.17, 15) is 9.59 Å². The van der Waals surface area contributed by atoms with Crippen molar-refractivity contribution in [3.05, 3.63) is 42.1 Å². The number of nitrogens with one attached hydrogen (secondary N) is 3. The highest BCUT2D eigenvalue weighted by Gasteiger charge is 2.26. The molecule has 11 nitrogen and oxygen atoms in total. The zero-order chi connectivity index (χ0) is 29.3. The molecule has 1 aliphatic heterocycles. The zero-order valence-electron chi connectivity index (χ0n) is 24.7. The Balaban J connectivity index is 1.63. The summed E-state index contributed by atoms with van der Waals surface area (Å²) in [5, 5.41) is 9.41. The summed E-state index contributed by atoms with van der Waals surface area (Å²) in [5.74, 6) is -0.0972. The van der Waals surface area contributed by atoms with Gasteiger partial charge in [0, 0.05) is 56.3 Å². The standard InChI is InChI=1S/C29H44N6O5/c1-20(21(2)39-19-14-30-6)32-24-12-13-31-27(38-7)25(24)26(36)33-22-8-10-23(11-9-22)34-15-17-35(18-16-34)28(37)40-29(3,4)5/h8-13,20-21,30H,14-19H2,1-7H3,(H,31,32)(H,33,36)/t20-,21?/m0/s1. The first-order valence-electron chi connectivity index (χ1n) is 13.7. The van der Waals surface area contributed by atoms with Gasteiger partial charge in [0.1, 0.15) is 11.2 Å². The van der Waals surface area contributed by atoms with Crippen LogP contribution in [0.1, 0.15) is 45.0 Å². The number of pyridine rings is 1. The Labute approximate surface area is 237 Å². The van der Waals surface area contributed by atoms with Gasteiger partial charge in [0.05, 0.1) is 25.5 Å².